The van der Waals surface area contributed by atoms with Crippen LogP contribution in [0.5, 0.6) is 0 Å². The number of furan rings is 1. The molecular formula is C56H37NO. The average Bonchev–Trinajstić information content (AvgIpc) is 3.69. The highest BCUT2D eigenvalue weighted by atomic mass is 16.3. The van der Waals surface area contributed by atoms with E-state index in [0.29, 0.717) is 0 Å². The van der Waals surface area contributed by atoms with Crippen molar-refractivity contribution < 1.29 is 4.42 Å². The molecule has 0 spiro atoms. The smallest absolute Gasteiger partial charge is 0.143 e. The van der Waals surface area contributed by atoms with Gasteiger partial charge < -0.3 is 9.32 Å². The molecule has 0 saturated carbocycles. The molecule has 0 fully saturated rings. The van der Waals surface area contributed by atoms with Crippen LogP contribution in [-0.4, -0.2) is 0 Å². The van der Waals surface area contributed by atoms with Gasteiger partial charge in [-0.1, -0.05) is 200 Å². The van der Waals surface area contributed by atoms with Crippen molar-refractivity contribution in [1.29, 1.82) is 0 Å². The summed E-state index contributed by atoms with van der Waals surface area (Å²) in [5.41, 5.74) is 14.2. The fourth-order valence-electron chi connectivity index (χ4n) is 8.90. The Labute approximate surface area is 337 Å². The minimum atomic E-state index is 0.885. The number of hydrogen-bond donors (Lipinski definition) is 0. The molecule has 1 heterocycles. The molecule has 0 unspecified atom stereocenters. The Morgan fingerprint density at radius 3 is 1.47 bits per heavy atom. The van der Waals surface area contributed by atoms with Crippen molar-refractivity contribution >= 4 is 60.5 Å². The number of para-hydroxylation sites is 4. The first-order valence-electron chi connectivity index (χ1n) is 19.9. The molecule has 0 atom stereocenters. The highest BCUT2D eigenvalue weighted by Gasteiger charge is 2.25. The molecule has 58 heavy (non-hydrogen) atoms. The molecule has 0 aliphatic rings. The van der Waals surface area contributed by atoms with E-state index in [1.54, 1.807) is 0 Å². The number of anilines is 3. The second-order valence-electron chi connectivity index (χ2n) is 14.8. The lowest BCUT2D eigenvalue weighted by Gasteiger charge is -2.31. The molecule has 0 aliphatic carbocycles. The highest BCUT2D eigenvalue weighted by Crippen LogP contribution is 2.50. The monoisotopic (exact) mass is 739 g/mol. The molecule has 0 amide bonds. The second-order valence-corrected chi connectivity index (χ2v) is 14.8. The first-order chi connectivity index (χ1) is 28.8. The van der Waals surface area contributed by atoms with Crippen molar-refractivity contribution in [3.05, 3.63) is 224 Å². The van der Waals surface area contributed by atoms with Gasteiger partial charge in [0.25, 0.3) is 0 Å². The molecule has 272 valence electrons. The Morgan fingerprint density at radius 2 is 0.741 bits per heavy atom. The van der Waals surface area contributed by atoms with Gasteiger partial charge in [0.15, 0.2) is 0 Å². The van der Waals surface area contributed by atoms with Crippen molar-refractivity contribution in [1.82, 2.24) is 0 Å². The van der Waals surface area contributed by atoms with Crippen molar-refractivity contribution in [3.8, 4) is 44.5 Å². The summed E-state index contributed by atoms with van der Waals surface area (Å²) >= 11 is 0. The Bertz CT molecular complexity index is 3300. The minimum absolute atomic E-state index is 0.885. The van der Waals surface area contributed by atoms with Gasteiger partial charge in [-0.05, 0) is 68.2 Å². The first kappa shape index (κ1) is 33.6. The summed E-state index contributed by atoms with van der Waals surface area (Å²) in [5.74, 6) is 0. The van der Waals surface area contributed by atoms with Gasteiger partial charge in [-0.3, -0.25) is 0 Å². The van der Waals surface area contributed by atoms with Crippen molar-refractivity contribution in [3.63, 3.8) is 0 Å². The molecule has 0 saturated heterocycles. The number of nitrogens with zero attached hydrogens (tertiary/aromatic N) is 1. The lowest BCUT2D eigenvalue weighted by Crippen LogP contribution is -2.13. The Kier molecular flexibility index (Phi) is 8.19. The van der Waals surface area contributed by atoms with Gasteiger partial charge in [0.1, 0.15) is 11.2 Å². The predicted molar refractivity (Wildman–Crippen MR) is 245 cm³/mol. The summed E-state index contributed by atoms with van der Waals surface area (Å²) in [6, 6.07) is 80.7. The highest BCUT2D eigenvalue weighted by molar-refractivity contribution is 6.16. The van der Waals surface area contributed by atoms with Crippen LogP contribution in [0.3, 0.4) is 0 Å². The van der Waals surface area contributed by atoms with Crippen LogP contribution < -0.4 is 4.90 Å². The third-order valence-corrected chi connectivity index (χ3v) is 11.5. The lowest BCUT2D eigenvalue weighted by atomic mass is 9.88. The van der Waals surface area contributed by atoms with E-state index in [-0.39, 0.29) is 0 Å². The van der Waals surface area contributed by atoms with Crippen molar-refractivity contribution in [2.45, 2.75) is 0 Å². The molecule has 0 radical (unpaired) electrons. The Balaban J connectivity index is 1.21. The van der Waals surface area contributed by atoms with E-state index in [9.17, 15) is 0 Å². The van der Waals surface area contributed by atoms with Crippen LogP contribution in [0.15, 0.2) is 229 Å². The van der Waals surface area contributed by atoms with Gasteiger partial charge in [0.05, 0.1) is 17.1 Å². The van der Waals surface area contributed by atoms with Gasteiger partial charge >= 0.3 is 0 Å². The topological polar surface area (TPSA) is 16.4 Å². The quantitative estimate of drug-likeness (QED) is 0.151. The number of benzene rings is 10. The van der Waals surface area contributed by atoms with E-state index >= 15 is 0 Å². The SMILES string of the molecule is c1ccc(-c2ccccc2-c2ccccc2-c2ccccc2N(c2ccccc2-c2cccc3c2oc2ccccc23)c2cc3ccccc3c3ccccc23)cc1. The number of rotatable bonds is 7. The predicted octanol–water partition coefficient (Wildman–Crippen LogP) is 16.0. The molecule has 2 heteroatoms. The van der Waals surface area contributed by atoms with Crippen molar-refractivity contribution in [2.75, 3.05) is 4.90 Å². The zero-order chi connectivity index (χ0) is 38.4. The van der Waals surface area contributed by atoms with Crippen LogP contribution in [0.2, 0.25) is 0 Å². The van der Waals surface area contributed by atoms with E-state index in [1.807, 2.05) is 6.07 Å². The zero-order valence-electron chi connectivity index (χ0n) is 31.7. The molecule has 10 aromatic carbocycles. The van der Waals surface area contributed by atoms with Gasteiger partial charge in [-0.2, -0.15) is 0 Å². The van der Waals surface area contributed by atoms with Crippen LogP contribution in [-0.2, 0) is 0 Å². The van der Waals surface area contributed by atoms with E-state index in [0.717, 1.165) is 61.3 Å². The fourth-order valence-corrected chi connectivity index (χ4v) is 8.90. The summed E-state index contributed by atoms with van der Waals surface area (Å²) < 4.78 is 6.70. The third-order valence-electron chi connectivity index (χ3n) is 11.5. The maximum absolute atomic E-state index is 6.70. The molecule has 1 aromatic heterocycles. The fraction of sp³-hybridized carbons (Fsp3) is 0. The summed E-state index contributed by atoms with van der Waals surface area (Å²) in [7, 11) is 0. The molecule has 11 aromatic rings. The molecule has 0 N–H and O–H groups in total. The Morgan fingerprint density at radius 1 is 0.276 bits per heavy atom. The van der Waals surface area contributed by atoms with E-state index in [4.69, 9.17) is 4.42 Å². The molecule has 11 rings (SSSR count). The van der Waals surface area contributed by atoms with Gasteiger partial charge in [-0.15, -0.1) is 0 Å². The molecule has 0 aliphatic heterocycles. The summed E-state index contributed by atoms with van der Waals surface area (Å²) in [4.78, 5) is 2.49. The van der Waals surface area contributed by atoms with Gasteiger partial charge in [0, 0.05) is 32.8 Å². The van der Waals surface area contributed by atoms with E-state index in [2.05, 4.69) is 223 Å². The van der Waals surface area contributed by atoms with Crippen LogP contribution in [0.1, 0.15) is 0 Å². The van der Waals surface area contributed by atoms with Gasteiger partial charge in [0.2, 0.25) is 0 Å². The summed E-state index contributed by atoms with van der Waals surface area (Å²) in [6.45, 7) is 0. The Hall–Kier alpha value is -7.68. The second kappa shape index (κ2) is 14.1. The minimum Gasteiger partial charge on any atom is -0.455 e. The standard InChI is InChI=1S/C56H37NO/c1-2-19-38(20-3-1)40-22-6-7-24-42(40)44-26-8-9-27-45(44)46-28-12-15-34-52(46)57(54-37-39-21-4-5-23-41(39)43-25-10-11-29-47(43)54)53-35-16-13-30-48(53)50-32-18-33-51-49-31-14-17-36-55(49)58-56(50)51/h1-37H. The average molecular weight is 740 g/mol. The summed E-state index contributed by atoms with van der Waals surface area (Å²) in [5, 5.41) is 7.04. The first-order valence-corrected chi connectivity index (χ1v) is 19.9. The van der Waals surface area contributed by atoms with E-state index in [1.165, 1.54) is 43.8 Å². The van der Waals surface area contributed by atoms with Crippen LogP contribution >= 0.6 is 0 Å². The largest absolute Gasteiger partial charge is 0.455 e. The maximum Gasteiger partial charge on any atom is 0.143 e. The third kappa shape index (κ3) is 5.57. The van der Waals surface area contributed by atoms with E-state index < -0.39 is 0 Å². The van der Waals surface area contributed by atoms with Gasteiger partial charge in [-0.25, -0.2) is 0 Å². The van der Waals surface area contributed by atoms with Crippen molar-refractivity contribution in [2.24, 2.45) is 0 Å². The zero-order valence-corrected chi connectivity index (χ0v) is 31.7. The van der Waals surface area contributed by atoms with Crippen LogP contribution in [0.25, 0.3) is 88.0 Å². The normalized spacial score (nSPS) is 11.4. The number of hydrogen-bond acceptors (Lipinski definition) is 2. The molecule has 0 bridgehead atoms. The molecule has 2 nitrogen and oxygen atoms in total. The maximum atomic E-state index is 6.70. The lowest BCUT2D eigenvalue weighted by molar-refractivity contribution is 0.670. The number of fused-ring (bicyclic) bond motifs is 6. The van der Waals surface area contributed by atoms with Crippen LogP contribution in [0, 0.1) is 0 Å². The molecular weight excluding hydrogens is 703 g/mol. The van der Waals surface area contributed by atoms with Crippen LogP contribution in [0.4, 0.5) is 17.1 Å². The summed E-state index contributed by atoms with van der Waals surface area (Å²) in [6.07, 6.45) is 0.